The number of ether oxygens (including phenoxy) is 2. The first-order valence-corrected chi connectivity index (χ1v) is 7.70. The average molecular weight is 269 g/mol. The second-order valence-electron chi connectivity index (χ2n) is 5.80. The number of hydrogen-bond donors (Lipinski definition) is 0. The Labute approximate surface area is 116 Å². The molecule has 0 bridgehead atoms. The monoisotopic (exact) mass is 269 g/mol. The molecule has 0 radical (unpaired) electrons. The van der Waals surface area contributed by atoms with E-state index in [0.717, 1.165) is 58.2 Å². The molecule has 1 heterocycles. The molecule has 0 unspecified atom stereocenters. The van der Waals surface area contributed by atoms with Crippen LogP contribution in [0.4, 0.5) is 0 Å². The molecule has 0 N–H and O–H groups in total. The van der Waals surface area contributed by atoms with Crippen LogP contribution in [0.1, 0.15) is 58.3 Å². The summed E-state index contributed by atoms with van der Waals surface area (Å²) in [5.41, 5.74) is 0. The Bertz CT molecular complexity index is 290. The third-order valence-electron chi connectivity index (χ3n) is 4.47. The lowest BCUT2D eigenvalue weighted by molar-refractivity contribution is -0.184. The minimum absolute atomic E-state index is 0.294. The van der Waals surface area contributed by atoms with Crippen LogP contribution < -0.4 is 0 Å². The van der Waals surface area contributed by atoms with E-state index in [4.69, 9.17) is 9.47 Å². The molecule has 1 saturated carbocycles. The van der Waals surface area contributed by atoms with Gasteiger partial charge in [0, 0.05) is 32.4 Å². The van der Waals surface area contributed by atoms with Crippen LogP contribution in [0.5, 0.6) is 0 Å². The number of carbonyl (C=O) groups excluding carboxylic acids is 1. The van der Waals surface area contributed by atoms with Crippen molar-refractivity contribution >= 4 is 5.91 Å². The van der Waals surface area contributed by atoms with Gasteiger partial charge in [0.2, 0.25) is 5.91 Å². The molecule has 2 aliphatic rings. The van der Waals surface area contributed by atoms with E-state index in [1.165, 1.54) is 0 Å². The van der Waals surface area contributed by atoms with Gasteiger partial charge in [0.25, 0.3) is 0 Å². The van der Waals surface area contributed by atoms with Crippen LogP contribution >= 0.6 is 0 Å². The molecule has 1 amide bonds. The third kappa shape index (κ3) is 3.69. The van der Waals surface area contributed by atoms with Crippen molar-refractivity contribution < 1.29 is 14.3 Å². The van der Waals surface area contributed by atoms with Crippen LogP contribution in [0.2, 0.25) is 0 Å². The van der Waals surface area contributed by atoms with Crippen LogP contribution in [0.3, 0.4) is 0 Å². The van der Waals surface area contributed by atoms with Crippen LogP contribution in [0.25, 0.3) is 0 Å². The fraction of sp³-hybridized carbons (Fsp3) is 0.933. The van der Waals surface area contributed by atoms with Gasteiger partial charge in [-0.05, 0) is 19.3 Å². The molecule has 0 aromatic carbocycles. The zero-order chi connectivity index (χ0) is 13.7. The zero-order valence-electron chi connectivity index (χ0n) is 12.3. The van der Waals surface area contributed by atoms with E-state index in [0.29, 0.717) is 18.4 Å². The average Bonchev–Trinajstić information content (AvgIpc) is 2.87. The van der Waals surface area contributed by atoms with Gasteiger partial charge in [0.15, 0.2) is 5.79 Å². The van der Waals surface area contributed by atoms with Crippen molar-refractivity contribution in [3.8, 4) is 0 Å². The molecule has 2 fully saturated rings. The Kier molecular flexibility index (Phi) is 5.22. The topological polar surface area (TPSA) is 38.8 Å². The van der Waals surface area contributed by atoms with Crippen LogP contribution in [0.15, 0.2) is 0 Å². The molecular weight excluding hydrogens is 242 g/mol. The van der Waals surface area contributed by atoms with Gasteiger partial charge in [-0.25, -0.2) is 0 Å². The van der Waals surface area contributed by atoms with E-state index in [9.17, 15) is 4.79 Å². The second-order valence-corrected chi connectivity index (χ2v) is 5.80. The maximum absolute atomic E-state index is 12.1. The summed E-state index contributed by atoms with van der Waals surface area (Å²) in [5.74, 6) is -0.0227. The lowest BCUT2D eigenvalue weighted by Crippen LogP contribution is -2.44. The van der Waals surface area contributed by atoms with Crippen molar-refractivity contribution in [1.29, 1.82) is 0 Å². The molecule has 19 heavy (non-hydrogen) atoms. The highest BCUT2D eigenvalue weighted by Crippen LogP contribution is 2.37. The standard InChI is InChI=1S/C15H27NO3/c1-3-4-5-6-14(17)16(2)13-7-9-15(10-8-13)18-11-12-19-15/h13H,3-12H2,1-2H3. The molecule has 4 nitrogen and oxygen atoms in total. The van der Waals surface area contributed by atoms with Gasteiger partial charge in [-0.15, -0.1) is 0 Å². The quantitative estimate of drug-likeness (QED) is 0.720. The minimum atomic E-state index is -0.317. The molecule has 2 rings (SSSR count). The van der Waals surface area contributed by atoms with Gasteiger partial charge in [-0.2, -0.15) is 0 Å². The SMILES string of the molecule is CCCCCC(=O)N(C)C1CCC2(CC1)OCCO2. The Morgan fingerprint density at radius 2 is 1.84 bits per heavy atom. The van der Waals surface area contributed by atoms with Gasteiger partial charge in [0.05, 0.1) is 13.2 Å². The first-order valence-electron chi connectivity index (χ1n) is 7.70. The molecule has 0 atom stereocenters. The molecule has 0 aromatic heterocycles. The number of nitrogens with zero attached hydrogens (tertiary/aromatic N) is 1. The molecule has 0 aromatic rings. The smallest absolute Gasteiger partial charge is 0.222 e. The van der Waals surface area contributed by atoms with Gasteiger partial charge in [0.1, 0.15) is 0 Å². The van der Waals surface area contributed by atoms with Crippen LogP contribution in [0, 0.1) is 0 Å². The van der Waals surface area contributed by atoms with Crippen molar-refractivity contribution in [1.82, 2.24) is 4.90 Å². The number of amides is 1. The lowest BCUT2D eigenvalue weighted by atomic mass is 9.89. The first kappa shape index (κ1) is 14.8. The Balaban J connectivity index is 1.75. The summed E-state index contributed by atoms with van der Waals surface area (Å²) in [6, 6.07) is 0.368. The number of unbranched alkanes of at least 4 members (excludes halogenated alkanes) is 2. The Morgan fingerprint density at radius 3 is 2.42 bits per heavy atom. The Hall–Kier alpha value is -0.610. The van der Waals surface area contributed by atoms with E-state index in [1.807, 2.05) is 11.9 Å². The first-order chi connectivity index (χ1) is 9.17. The summed E-state index contributed by atoms with van der Waals surface area (Å²) in [5, 5.41) is 0. The van der Waals surface area contributed by atoms with E-state index in [1.54, 1.807) is 0 Å². The molecule has 1 aliphatic heterocycles. The molecule has 110 valence electrons. The largest absolute Gasteiger partial charge is 0.348 e. The van der Waals surface area contributed by atoms with Crippen LogP contribution in [-0.2, 0) is 14.3 Å². The molecule has 1 spiro atoms. The summed E-state index contributed by atoms with van der Waals surface area (Å²) >= 11 is 0. The minimum Gasteiger partial charge on any atom is -0.348 e. The fourth-order valence-corrected chi connectivity index (χ4v) is 3.12. The number of rotatable bonds is 5. The van der Waals surface area contributed by atoms with Crippen molar-refractivity contribution in [2.45, 2.75) is 70.1 Å². The summed E-state index contributed by atoms with van der Waals surface area (Å²) in [6.07, 6.45) is 7.86. The highest BCUT2D eigenvalue weighted by Gasteiger charge is 2.41. The molecular formula is C15H27NO3. The molecule has 1 saturated heterocycles. The number of hydrogen-bond acceptors (Lipinski definition) is 3. The summed E-state index contributed by atoms with van der Waals surface area (Å²) in [4.78, 5) is 14.0. The Morgan fingerprint density at radius 1 is 1.21 bits per heavy atom. The number of carbonyl (C=O) groups is 1. The zero-order valence-corrected chi connectivity index (χ0v) is 12.3. The van der Waals surface area contributed by atoms with E-state index < -0.39 is 0 Å². The fourth-order valence-electron chi connectivity index (χ4n) is 3.12. The van der Waals surface area contributed by atoms with E-state index >= 15 is 0 Å². The van der Waals surface area contributed by atoms with Gasteiger partial charge >= 0.3 is 0 Å². The molecule has 1 aliphatic carbocycles. The van der Waals surface area contributed by atoms with Crippen molar-refractivity contribution in [2.24, 2.45) is 0 Å². The predicted molar refractivity (Wildman–Crippen MR) is 73.8 cm³/mol. The second kappa shape index (κ2) is 6.71. The molecule has 4 heteroatoms. The van der Waals surface area contributed by atoms with E-state index in [2.05, 4.69) is 6.92 Å². The maximum Gasteiger partial charge on any atom is 0.222 e. The van der Waals surface area contributed by atoms with Crippen molar-refractivity contribution in [3.05, 3.63) is 0 Å². The van der Waals surface area contributed by atoms with Gasteiger partial charge in [-0.1, -0.05) is 19.8 Å². The highest BCUT2D eigenvalue weighted by molar-refractivity contribution is 5.76. The highest BCUT2D eigenvalue weighted by atomic mass is 16.7. The van der Waals surface area contributed by atoms with Gasteiger partial charge < -0.3 is 14.4 Å². The lowest BCUT2D eigenvalue weighted by Gasteiger charge is -2.39. The summed E-state index contributed by atoms with van der Waals surface area (Å²) in [7, 11) is 1.95. The third-order valence-corrected chi connectivity index (χ3v) is 4.47. The predicted octanol–water partition coefficient (Wildman–Crippen LogP) is 2.71. The van der Waals surface area contributed by atoms with Crippen molar-refractivity contribution in [3.63, 3.8) is 0 Å². The van der Waals surface area contributed by atoms with Crippen molar-refractivity contribution in [2.75, 3.05) is 20.3 Å². The summed E-state index contributed by atoms with van der Waals surface area (Å²) < 4.78 is 11.4. The maximum atomic E-state index is 12.1. The summed E-state index contributed by atoms with van der Waals surface area (Å²) in [6.45, 7) is 3.60. The van der Waals surface area contributed by atoms with Gasteiger partial charge in [-0.3, -0.25) is 4.79 Å². The normalized spacial score (nSPS) is 22.8. The van der Waals surface area contributed by atoms with Crippen LogP contribution in [-0.4, -0.2) is 42.9 Å². The van der Waals surface area contributed by atoms with E-state index in [-0.39, 0.29) is 5.79 Å².